The number of carbonyl (C=O) groups is 1. The number of rotatable bonds is 11. The van der Waals surface area contributed by atoms with Gasteiger partial charge in [-0.3, -0.25) is 4.79 Å². The van der Waals surface area contributed by atoms with Crippen molar-refractivity contribution in [2.75, 3.05) is 19.6 Å². The molecule has 0 aromatic rings. The molecular formula is C17H34N2O. The van der Waals surface area contributed by atoms with Crippen LogP contribution in [0.5, 0.6) is 0 Å². The molecule has 3 heteroatoms. The van der Waals surface area contributed by atoms with Crippen LogP contribution in [-0.2, 0) is 4.79 Å². The minimum Gasteiger partial charge on any atom is -0.337 e. The van der Waals surface area contributed by atoms with Crippen molar-refractivity contribution in [3.63, 3.8) is 0 Å². The van der Waals surface area contributed by atoms with Gasteiger partial charge >= 0.3 is 0 Å². The van der Waals surface area contributed by atoms with Crippen LogP contribution in [-0.4, -0.2) is 36.5 Å². The van der Waals surface area contributed by atoms with Gasteiger partial charge in [0.15, 0.2) is 0 Å². The van der Waals surface area contributed by atoms with Gasteiger partial charge in [-0.05, 0) is 12.8 Å². The predicted octanol–water partition coefficient (Wildman–Crippen LogP) is 3.73. The molecule has 1 atom stereocenters. The van der Waals surface area contributed by atoms with E-state index in [4.69, 9.17) is 0 Å². The molecule has 1 aliphatic heterocycles. The molecule has 0 radical (unpaired) electrons. The van der Waals surface area contributed by atoms with E-state index in [2.05, 4.69) is 24.1 Å². The first-order valence-corrected chi connectivity index (χ1v) is 8.79. The van der Waals surface area contributed by atoms with Crippen molar-refractivity contribution in [1.82, 2.24) is 10.2 Å². The molecule has 0 bridgehead atoms. The summed E-state index contributed by atoms with van der Waals surface area (Å²) in [5.74, 6) is 0.311. The molecule has 20 heavy (non-hydrogen) atoms. The standard InChI is InChI=1S/C17H34N2O/c1-3-5-7-8-10-12-16(11-9-6-4-2)19-14-13-18-15-17(19)20/h16,18H,3-15H2,1-2H3. The lowest BCUT2D eigenvalue weighted by Crippen LogP contribution is -2.52. The molecule has 1 N–H and O–H groups in total. The molecule has 0 aromatic heterocycles. The third kappa shape index (κ3) is 6.74. The molecule has 1 heterocycles. The van der Waals surface area contributed by atoms with Crippen molar-refractivity contribution >= 4 is 5.91 Å². The van der Waals surface area contributed by atoms with Crippen molar-refractivity contribution in [3.05, 3.63) is 0 Å². The molecule has 0 aliphatic carbocycles. The van der Waals surface area contributed by atoms with Crippen LogP contribution < -0.4 is 5.32 Å². The SMILES string of the molecule is CCCCCCCC(CCCCC)N1CCNCC1=O. The van der Waals surface area contributed by atoms with Gasteiger partial charge in [-0.1, -0.05) is 65.2 Å². The average molecular weight is 282 g/mol. The van der Waals surface area contributed by atoms with E-state index in [1.54, 1.807) is 0 Å². The Bertz CT molecular complexity index is 255. The molecular weight excluding hydrogens is 248 g/mol. The second-order valence-electron chi connectivity index (χ2n) is 6.12. The summed E-state index contributed by atoms with van der Waals surface area (Å²) < 4.78 is 0. The van der Waals surface area contributed by atoms with Crippen LogP contribution in [0.25, 0.3) is 0 Å². The monoisotopic (exact) mass is 282 g/mol. The average Bonchev–Trinajstić information content (AvgIpc) is 2.46. The molecule has 118 valence electrons. The van der Waals surface area contributed by atoms with E-state index in [1.165, 1.54) is 64.2 Å². The summed E-state index contributed by atoms with van der Waals surface area (Å²) in [4.78, 5) is 14.2. The van der Waals surface area contributed by atoms with E-state index >= 15 is 0 Å². The first kappa shape index (κ1) is 17.5. The molecule has 0 spiro atoms. The van der Waals surface area contributed by atoms with E-state index < -0.39 is 0 Å². The maximum atomic E-state index is 12.1. The summed E-state index contributed by atoms with van der Waals surface area (Å²) >= 11 is 0. The van der Waals surface area contributed by atoms with Crippen molar-refractivity contribution in [1.29, 1.82) is 0 Å². The van der Waals surface area contributed by atoms with Gasteiger partial charge in [-0.15, -0.1) is 0 Å². The van der Waals surface area contributed by atoms with Crippen molar-refractivity contribution in [2.45, 2.75) is 84.1 Å². The molecule has 0 saturated carbocycles. The molecule has 1 saturated heterocycles. The van der Waals surface area contributed by atoms with Crippen LogP contribution in [0.1, 0.15) is 78.1 Å². The number of piperazine rings is 1. The maximum absolute atomic E-state index is 12.1. The Labute approximate surface area is 125 Å². The molecule has 0 aromatic carbocycles. The smallest absolute Gasteiger partial charge is 0.236 e. The van der Waals surface area contributed by atoms with Crippen molar-refractivity contribution in [3.8, 4) is 0 Å². The Balaban J connectivity index is 2.35. The minimum atomic E-state index is 0.311. The Kier molecular flexibility index (Phi) is 9.73. The fourth-order valence-corrected chi connectivity index (χ4v) is 3.08. The molecule has 1 aliphatic rings. The van der Waals surface area contributed by atoms with Crippen LogP contribution in [0, 0.1) is 0 Å². The predicted molar refractivity (Wildman–Crippen MR) is 85.9 cm³/mol. The van der Waals surface area contributed by atoms with Gasteiger partial charge < -0.3 is 10.2 Å². The number of nitrogens with zero attached hydrogens (tertiary/aromatic N) is 1. The highest BCUT2D eigenvalue weighted by Gasteiger charge is 2.24. The first-order chi connectivity index (χ1) is 9.79. The Morgan fingerprint density at radius 2 is 1.60 bits per heavy atom. The molecule has 1 fully saturated rings. The van der Waals surface area contributed by atoms with Crippen molar-refractivity contribution in [2.24, 2.45) is 0 Å². The quantitative estimate of drug-likeness (QED) is 0.586. The summed E-state index contributed by atoms with van der Waals surface area (Å²) in [6.45, 7) is 6.92. The molecule has 1 rings (SSSR count). The lowest BCUT2D eigenvalue weighted by molar-refractivity contribution is -0.134. The van der Waals surface area contributed by atoms with E-state index in [9.17, 15) is 4.79 Å². The number of nitrogens with one attached hydrogen (secondary N) is 1. The van der Waals surface area contributed by atoms with Gasteiger partial charge in [0.05, 0.1) is 6.54 Å². The summed E-state index contributed by atoms with van der Waals surface area (Å²) in [6, 6.07) is 0.498. The Morgan fingerprint density at radius 1 is 1.00 bits per heavy atom. The van der Waals surface area contributed by atoms with E-state index in [0.717, 1.165) is 13.1 Å². The van der Waals surface area contributed by atoms with Gasteiger partial charge in [-0.2, -0.15) is 0 Å². The second kappa shape index (κ2) is 11.1. The van der Waals surface area contributed by atoms with E-state index in [0.29, 0.717) is 18.5 Å². The highest BCUT2D eigenvalue weighted by Crippen LogP contribution is 2.18. The summed E-state index contributed by atoms with van der Waals surface area (Å²) in [6.07, 6.45) is 12.9. The van der Waals surface area contributed by atoms with Gasteiger partial charge in [0, 0.05) is 19.1 Å². The normalized spacial score (nSPS) is 17.5. The first-order valence-electron chi connectivity index (χ1n) is 8.79. The van der Waals surface area contributed by atoms with Gasteiger partial charge in [0.2, 0.25) is 5.91 Å². The number of carbonyl (C=O) groups excluding carboxylic acids is 1. The zero-order valence-corrected chi connectivity index (χ0v) is 13.6. The highest BCUT2D eigenvalue weighted by molar-refractivity contribution is 5.79. The lowest BCUT2D eigenvalue weighted by atomic mass is 9.99. The van der Waals surface area contributed by atoms with Gasteiger partial charge in [-0.25, -0.2) is 0 Å². The highest BCUT2D eigenvalue weighted by atomic mass is 16.2. The third-order valence-corrected chi connectivity index (χ3v) is 4.35. The molecule has 1 amide bonds. The van der Waals surface area contributed by atoms with Crippen LogP contribution >= 0.6 is 0 Å². The Morgan fingerprint density at radius 3 is 2.25 bits per heavy atom. The Hall–Kier alpha value is -0.570. The van der Waals surface area contributed by atoms with Crippen LogP contribution in [0.3, 0.4) is 0 Å². The van der Waals surface area contributed by atoms with Crippen LogP contribution in [0.2, 0.25) is 0 Å². The number of unbranched alkanes of at least 4 members (excludes halogenated alkanes) is 6. The topological polar surface area (TPSA) is 32.3 Å². The second-order valence-corrected chi connectivity index (χ2v) is 6.12. The van der Waals surface area contributed by atoms with E-state index in [-0.39, 0.29) is 0 Å². The molecule has 1 unspecified atom stereocenters. The fraction of sp³-hybridized carbons (Fsp3) is 0.941. The van der Waals surface area contributed by atoms with Crippen LogP contribution in [0.15, 0.2) is 0 Å². The summed E-state index contributed by atoms with van der Waals surface area (Å²) in [5, 5.41) is 3.18. The summed E-state index contributed by atoms with van der Waals surface area (Å²) in [7, 11) is 0. The van der Waals surface area contributed by atoms with Crippen LogP contribution in [0.4, 0.5) is 0 Å². The van der Waals surface area contributed by atoms with Crippen molar-refractivity contribution < 1.29 is 4.79 Å². The number of amides is 1. The largest absolute Gasteiger partial charge is 0.337 e. The lowest BCUT2D eigenvalue weighted by Gasteiger charge is -2.35. The van der Waals surface area contributed by atoms with Gasteiger partial charge in [0.25, 0.3) is 0 Å². The zero-order chi connectivity index (χ0) is 14.6. The number of hydrogen-bond acceptors (Lipinski definition) is 2. The zero-order valence-electron chi connectivity index (χ0n) is 13.6. The minimum absolute atomic E-state index is 0.311. The maximum Gasteiger partial charge on any atom is 0.236 e. The summed E-state index contributed by atoms with van der Waals surface area (Å²) in [5.41, 5.74) is 0. The fourth-order valence-electron chi connectivity index (χ4n) is 3.08. The van der Waals surface area contributed by atoms with Gasteiger partial charge in [0.1, 0.15) is 0 Å². The van der Waals surface area contributed by atoms with E-state index in [1.807, 2.05) is 0 Å². The molecule has 3 nitrogen and oxygen atoms in total. The number of hydrogen-bond donors (Lipinski definition) is 1. The third-order valence-electron chi connectivity index (χ3n) is 4.35.